The van der Waals surface area contributed by atoms with Crippen LogP contribution in [0.3, 0.4) is 0 Å². The zero-order chi connectivity index (χ0) is 14.4. The number of nitrogens with zero attached hydrogens (tertiary/aromatic N) is 1. The molecule has 0 saturated carbocycles. The van der Waals surface area contributed by atoms with Crippen molar-refractivity contribution in [2.24, 2.45) is 0 Å². The van der Waals surface area contributed by atoms with Gasteiger partial charge in [0, 0.05) is 13.1 Å². The molecule has 0 atom stereocenters. The summed E-state index contributed by atoms with van der Waals surface area (Å²) in [4.78, 5) is 27.2. The zero-order valence-corrected chi connectivity index (χ0v) is 11.9. The molecule has 1 saturated heterocycles. The van der Waals surface area contributed by atoms with Gasteiger partial charge in [-0.15, -0.1) is 0 Å². The van der Waals surface area contributed by atoms with Crippen LogP contribution in [0.1, 0.15) is 29.0 Å². The molecule has 0 spiro atoms. The molecule has 2 heterocycles. The molecule has 0 aliphatic carbocycles. The number of nitrogens with one attached hydrogen (secondary N) is 2. The number of aromatic amines is 1. The summed E-state index contributed by atoms with van der Waals surface area (Å²) in [7, 11) is 0. The van der Waals surface area contributed by atoms with Gasteiger partial charge in [-0.25, -0.2) is 0 Å². The first-order valence-electron chi connectivity index (χ1n) is 6.64. The van der Waals surface area contributed by atoms with Crippen LogP contribution in [-0.4, -0.2) is 48.4 Å². The van der Waals surface area contributed by atoms with Crippen molar-refractivity contribution in [3.63, 3.8) is 0 Å². The van der Waals surface area contributed by atoms with Crippen molar-refractivity contribution in [1.82, 2.24) is 15.2 Å². The van der Waals surface area contributed by atoms with Gasteiger partial charge in [0.25, 0.3) is 12.4 Å². The number of halogens is 1. The van der Waals surface area contributed by atoms with E-state index in [2.05, 4.69) is 19.9 Å². The first-order valence-corrected chi connectivity index (χ1v) is 7.01. The number of hydrogen-bond donors (Lipinski definition) is 2. The molecule has 1 amide bonds. The monoisotopic (exact) mass is 299 g/mol. The molecule has 1 aliphatic rings. The highest BCUT2D eigenvalue weighted by Crippen LogP contribution is 2.17. The minimum Gasteiger partial charge on any atom is -0.461 e. The predicted octanol–water partition coefficient (Wildman–Crippen LogP) is 1.17. The second-order valence-corrected chi connectivity index (χ2v) is 5.13. The van der Waals surface area contributed by atoms with Crippen LogP contribution < -0.4 is 5.32 Å². The van der Waals surface area contributed by atoms with Gasteiger partial charge in [0.1, 0.15) is 12.3 Å². The van der Waals surface area contributed by atoms with Crippen LogP contribution in [0, 0.1) is 0 Å². The lowest BCUT2D eigenvalue weighted by atomic mass is 10.4. The lowest BCUT2D eigenvalue weighted by molar-refractivity contribution is -0.129. The molecule has 1 aliphatic heterocycles. The smallest absolute Gasteiger partial charge is 0.293 e. The van der Waals surface area contributed by atoms with Gasteiger partial charge in [0.05, 0.1) is 10.7 Å². The minimum absolute atomic E-state index is 0.0311. The second-order valence-electron chi connectivity index (χ2n) is 4.72. The van der Waals surface area contributed by atoms with E-state index in [1.54, 1.807) is 0 Å². The molecule has 2 N–H and O–H groups in total. The maximum atomic E-state index is 11.9. The topological polar surface area (TPSA) is 74.4 Å². The van der Waals surface area contributed by atoms with Crippen molar-refractivity contribution in [1.29, 1.82) is 0 Å². The molecule has 20 heavy (non-hydrogen) atoms. The largest absolute Gasteiger partial charge is 0.461 e. The highest BCUT2D eigenvalue weighted by atomic mass is 35.5. The van der Waals surface area contributed by atoms with Gasteiger partial charge in [-0.05, 0) is 32.0 Å². The Morgan fingerprint density at radius 2 is 2.25 bits per heavy atom. The second kappa shape index (κ2) is 7.31. The minimum atomic E-state index is -0.205. The Morgan fingerprint density at radius 3 is 2.95 bits per heavy atom. The number of ether oxygens (including phenoxy) is 1. The number of carbonyl (C=O) groups excluding carboxylic acids is 2. The van der Waals surface area contributed by atoms with E-state index in [-0.39, 0.29) is 12.5 Å². The SMILES string of the molecule is O=COCc1[nH]c(C(=O)NCCN2CCCC2)cc1Cl. The fourth-order valence-corrected chi connectivity index (χ4v) is 2.46. The lowest BCUT2D eigenvalue weighted by Gasteiger charge is -2.14. The van der Waals surface area contributed by atoms with Crippen LogP contribution in [-0.2, 0) is 16.1 Å². The molecule has 0 unspecified atom stereocenters. The fraction of sp³-hybridized carbons (Fsp3) is 0.538. The Balaban J connectivity index is 1.80. The quantitative estimate of drug-likeness (QED) is 0.741. The van der Waals surface area contributed by atoms with Crippen molar-refractivity contribution in [2.75, 3.05) is 26.2 Å². The van der Waals surface area contributed by atoms with Gasteiger partial charge in [0.2, 0.25) is 0 Å². The van der Waals surface area contributed by atoms with Gasteiger partial charge in [-0.3, -0.25) is 9.59 Å². The normalized spacial score (nSPS) is 15.2. The Bertz CT molecular complexity index is 469. The fourth-order valence-electron chi connectivity index (χ4n) is 2.25. The third kappa shape index (κ3) is 3.98. The molecule has 1 aromatic rings. The first-order chi connectivity index (χ1) is 9.70. The first kappa shape index (κ1) is 14.9. The van der Waals surface area contributed by atoms with E-state index in [9.17, 15) is 9.59 Å². The van der Waals surface area contributed by atoms with E-state index < -0.39 is 0 Å². The van der Waals surface area contributed by atoms with Crippen molar-refractivity contribution in [3.8, 4) is 0 Å². The van der Waals surface area contributed by atoms with E-state index >= 15 is 0 Å². The molecule has 1 aromatic heterocycles. The van der Waals surface area contributed by atoms with Gasteiger partial charge in [-0.2, -0.15) is 0 Å². The number of aromatic nitrogens is 1. The van der Waals surface area contributed by atoms with E-state index in [0.717, 1.165) is 19.6 Å². The van der Waals surface area contributed by atoms with Crippen molar-refractivity contribution >= 4 is 24.0 Å². The summed E-state index contributed by atoms with van der Waals surface area (Å²) in [5, 5.41) is 3.23. The number of likely N-dealkylation sites (tertiary alicyclic amines) is 1. The third-order valence-corrected chi connectivity index (χ3v) is 3.63. The number of hydrogen-bond acceptors (Lipinski definition) is 4. The van der Waals surface area contributed by atoms with Crippen LogP contribution in [0.25, 0.3) is 0 Å². The van der Waals surface area contributed by atoms with E-state index in [1.807, 2.05) is 0 Å². The van der Waals surface area contributed by atoms with Crippen LogP contribution in [0.15, 0.2) is 6.07 Å². The average molecular weight is 300 g/mol. The molecule has 110 valence electrons. The molecule has 0 aromatic carbocycles. The molecule has 1 fully saturated rings. The van der Waals surface area contributed by atoms with Crippen LogP contribution in [0.5, 0.6) is 0 Å². The summed E-state index contributed by atoms with van der Waals surface area (Å²) in [6, 6.07) is 1.54. The van der Waals surface area contributed by atoms with Crippen molar-refractivity contribution in [3.05, 3.63) is 22.5 Å². The number of H-pyrrole nitrogens is 1. The van der Waals surface area contributed by atoms with Gasteiger partial charge in [0.15, 0.2) is 0 Å². The summed E-state index contributed by atoms with van der Waals surface area (Å²) >= 11 is 5.95. The molecular weight excluding hydrogens is 282 g/mol. The summed E-state index contributed by atoms with van der Waals surface area (Å²) in [5.41, 5.74) is 0.893. The van der Waals surface area contributed by atoms with Gasteiger partial charge < -0.3 is 19.9 Å². The summed E-state index contributed by atoms with van der Waals surface area (Å²) < 4.78 is 4.61. The van der Waals surface area contributed by atoms with Gasteiger partial charge >= 0.3 is 0 Å². The molecule has 7 heteroatoms. The van der Waals surface area contributed by atoms with E-state index in [4.69, 9.17) is 11.6 Å². The molecule has 2 rings (SSSR count). The van der Waals surface area contributed by atoms with Gasteiger partial charge in [-0.1, -0.05) is 11.6 Å². The van der Waals surface area contributed by atoms with E-state index in [0.29, 0.717) is 29.4 Å². The molecule has 0 bridgehead atoms. The van der Waals surface area contributed by atoms with Crippen molar-refractivity contribution < 1.29 is 14.3 Å². The maximum Gasteiger partial charge on any atom is 0.293 e. The maximum absolute atomic E-state index is 11.9. The van der Waals surface area contributed by atoms with E-state index in [1.165, 1.54) is 18.9 Å². The lowest BCUT2D eigenvalue weighted by Crippen LogP contribution is -2.33. The molecule has 0 radical (unpaired) electrons. The Kier molecular flexibility index (Phi) is 5.43. The Hall–Kier alpha value is -1.53. The molecular formula is C13H18ClN3O3. The average Bonchev–Trinajstić information content (AvgIpc) is 3.06. The number of carbonyl (C=O) groups is 2. The van der Waals surface area contributed by atoms with Crippen LogP contribution in [0.2, 0.25) is 5.02 Å². The van der Waals surface area contributed by atoms with Crippen molar-refractivity contribution in [2.45, 2.75) is 19.4 Å². The standard InChI is InChI=1S/C13H18ClN3O3/c14-10-7-11(16-12(10)8-20-9-18)13(19)15-3-6-17-4-1-2-5-17/h7,9,16H,1-6,8H2,(H,15,19). The predicted molar refractivity (Wildman–Crippen MR) is 74.7 cm³/mol. The third-order valence-electron chi connectivity index (χ3n) is 3.30. The summed E-state index contributed by atoms with van der Waals surface area (Å²) in [5.74, 6) is -0.205. The zero-order valence-electron chi connectivity index (χ0n) is 11.2. The number of amides is 1. The Morgan fingerprint density at radius 1 is 1.50 bits per heavy atom. The Labute approximate surface area is 122 Å². The number of rotatable bonds is 7. The highest BCUT2D eigenvalue weighted by Gasteiger charge is 2.14. The molecule has 6 nitrogen and oxygen atoms in total. The van der Waals surface area contributed by atoms with Crippen LogP contribution in [0.4, 0.5) is 0 Å². The summed E-state index contributed by atoms with van der Waals surface area (Å²) in [6.45, 7) is 4.06. The summed E-state index contributed by atoms with van der Waals surface area (Å²) in [6.07, 6.45) is 2.47. The highest BCUT2D eigenvalue weighted by molar-refractivity contribution is 6.31. The van der Waals surface area contributed by atoms with Crippen LogP contribution >= 0.6 is 11.6 Å².